The second-order valence-electron chi connectivity index (χ2n) is 4.13. The fraction of sp³-hybridized carbons (Fsp3) is 0.333. The number of carbonyl (C=O) groups excluding carboxylic acids is 1. The van der Waals surface area contributed by atoms with Crippen LogP contribution >= 0.6 is 0 Å². The Morgan fingerprint density at radius 3 is 2.93 bits per heavy atom. The average molecular weight is 200 g/mol. The zero-order chi connectivity index (χ0) is 10.6. The molecule has 3 nitrogen and oxygen atoms in total. The number of nitrogens with zero attached hydrogens (tertiary/aromatic N) is 1. The van der Waals surface area contributed by atoms with Gasteiger partial charge in [-0.25, -0.2) is 0 Å². The molecule has 76 valence electrons. The molecule has 1 aliphatic carbocycles. The van der Waals surface area contributed by atoms with Gasteiger partial charge >= 0.3 is 0 Å². The van der Waals surface area contributed by atoms with Gasteiger partial charge in [0.1, 0.15) is 0 Å². The van der Waals surface area contributed by atoms with E-state index in [0.29, 0.717) is 0 Å². The maximum atomic E-state index is 11.8. The van der Waals surface area contributed by atoms with Crippen LogP contribution < -0.4 is 5.32 Å². The molecule has 0 unspecified atom stereocenters. The van der Waals surface area contributed by atoms with Gasteiger partial charge in [-0.15, -0.1) is 0 Å². The van der Waals surface area contributed by atoms with E-state index in [9.17, 15) is 4.79 Å². The molecule has 2 heterocycles. The Kier molecular flexibility index (Phi) is 1.55. The molecule has 0 saturated heterocycles. The smallest absolute Gasteiger partial charge is 0.256 e. The van der Waals surface area contributed by atoms with Crippen molar-refractivity contribution >= 4 is 11.6 Å². The van der Waals surface area contributed by atoms with Crippen LogP contribution in [0, 0.1) is 13.8 Å². The molecular weight excluding hydrogens is 188 g/mol. The number of carbonyl (C=O) groups is 1. The monoisotopic (exact) mass is 200 g/mol. The third-order valence-corrected chi connectivity index (χ3v) is 3.23. The van der Waals surface area contributed by atoms with E-state index in [2.05, 4.69) is 16.4 Å². The van der Waals surface area contributed by atoms with E-state index in [1.165, 1.54) is 0 Å². The first-order valence-electron chi connectivity index (χ1n) is 5.20. The summed E-state index contributed by atoms with van der Waals surface area (Å²) >= 11 is 0. The van der Waals surface area contributed by atoms with Gasteiger partial charge in [-0.2, -0.15) is 0 Å². The van der Waals surface area contributed by atoms with Crippen molar-refractivity contribution in [2.24, 2.45) is 0 Å². The van der Waals surface area contributed by atoms with Crippen LogP contribution in [0.5, 0.6) is 0 Å². The quantitative estimate of drug-likeness (QED) is 0.693. The van der Waals surface area contributed by atoms with Crippen molar-refractivity contribution in [1.82, 2.24) is 10.3 Å². The van der Waals surface area contributed by atoms with E-state index < -0.39 is 0 Å². The van der Waals surface area contributed by atoms with E-state index >= 15 is 0 Å². The van der Waals surface area contributed by atoms with Crippen molar-refractivity contribution in [3.8, 4) is 0 Å². The van der Waals surface area contributed by atoms with Crippen LogP contribution in [0.2, 0.25) is 0 Å². The molecule has 0 fully saturated rings. The van der Waals surface area contributed by atoms with E-state index in [-0.39, 0.29) is 5.91 Å². The molecule has 1 aliphatic heterocycles. The highest BCUT2D eigenvalue weighted by atomic mass is 16.1. The molecule has 0 bridgehead atoms. The third kappa shape index (κ3) is 1.00. The minimum absolute atomic E-state index is 0.0300. The second-order valence-corrected chi connectivity index (χ2v) is 4.13. The lowest BCUT2D eigenvalue weighted by atomic mass is 9.94. The molecule has 2 aliphatic rings. The fourth-order valence-electron chi connectivity index (χ4n) is 2.36. The minimum Gasteiger partial charge on any atom is -0.322 e. The Bertz CT molecular complexity index is 515. The number of hydrogen-bond acceptors (Lipinski definition) is 2. The lowest BCUT2D eigenvalue weighted by molar-refractivity contribution is 0.0980. The van der Waals surface area contributed by atoms with E-state index in [1.54, 1.807) is 0 Å². The molecule has 1 amide bonds. The summed E-state index contributed by atoms with van der Waals surface area (Å²) in [5.74, 6) is 0.0300. The first-order valence-corrected chi connectivity index (χ1v) is 5.20. The number of pyridine rings is 1. The number of rotatable bonds is 0. The van der Waals surface area contributed by atoms with Crippen molar-refractivity contribution < 1.29 is 4.79 Å². The SMILES string of the molecule is Cc1nc2c3c(c1C)C(=O)NC3=CCC2. The van der Waals surface area contributed by atoms with Gasteiger partial charge in [0.15, 0.2) is 0 Å². The lowest BCUT2D eigenvalue weighted by Crippen LogP contribution is -2.13. The lowest BCUT2D eigenvalue weighted by Gasteiger charge is -2.14. The molecular formula is C12H12N2O. The van der Waals surface area contributed by atoms with Gasteiger partial charge in [-0.3, -0.25) is 9.78 Å². The molecule has 0 spiro atoms. The fourth-order valence-corrected chi connectivity index (χ4v) is 2.36. The topological polar surface area (TPSA) is 42.0 Å². The van der Waals surface area contributed by atoms with Gasteiger partial charge in [-0.05, 0) is 32.3 Å². The molecule has 1 N–H and O–H groups in total. The number of allylic oxidation sites excluding steroid dienone is 1. The molecule has 1 aromatic heterocycles. The number of nitrogens with one attached hydrogen (secondary N) is 1. The standard InChI is InChI=1S/C12H12N2O/c1-6-7(2)13-8-4-3-5-9-11(8)10(6)12(15)14-9/h5H,3-4H2,1-2H3,(H,14,15). The van der Waals surface area contributed by atoms with Crippen LogP contribution in [-0.2, 0) is 6.42 Å². The van der Waals surface area contributed by atoms with Crippen molar-refractivity contribution in [3.05, 3.63) is 34.2 Å². The van der Waals surface area contributed by atoms with Gasteiger partial charge in [-0.1, -0.05) is 6.08 Å². The van der Waals surface area contributed by atoms with Crippen LogP contribution in [0.4, 0.5) is 0 Å². The van der Waals surface area contributed by atoms with Crippen LogP contribution in [0.3, 0.4) is 0 Å². The van der Waals surface area contributed by atoms with E-state index in [0.717, 1.165) is 46.6 Å². The summed E-state index contributed by atoms with van der Waals surface area (Å²) in [5.41, 5.74) is 5.91. The summed E-state index contributed by atoms with van der Waals surface area (Å²) in [7, 11) is 0. The number of aryl methyl sites for hydroxylation is 2. The molecule has 3 rings (SSSR count). The predicted molar refractivity (Wildman–Crippen MR) is 57.5 cm³/mol. The largest absolute Gasteiger partial charge is 0.322 e. The van der Waals surface area contributed by atoms with Crippen LogP contribution in [0.15, 0.2) is 6.08 Å². The van der Waals surface area contributed by atoms with E-state index in [4.69, 9.17) is 0 Å². The van der Waals surface area contributed by atoms with Crippen molar-refractivity contribution in [2.45, 2.75) is 26.7 Å². The molecule has 0 atom stereocenters. The summed E-state index contributed by atoms with van der Waals surface area (Å²) in [6.45, 7) is 3.94. The maximum absolute atomic E-state index is 11.8. The molecule has 1 aromatic rings. The summed E-state index contributed by atoms with van der Waals surface area (Å²) < 4.78 is 0. The average Bonchev–Trinajstić information content (AvgIpc) is 2.53. The summed E-state index contributed by atoms with van der Waals surface area (Å²) in [6.07, 6.45) is 4.01. The molecule has 0 aromatic carbocycles. The number of amides is 1. The van der Waals surface area contributed by atoms with Crippen molar-refractivity contribution in [3.63, 3.8) is 0 Å². The van der Waals surface area contributed by atoms with Crippen LogP contribution in [-0.4, -0.2) is 10.9 Å². The highest BCUT2D eigenvalue weighted by Gasteiger charge is 2.31. The summed E-state index contributed by atoms with van der Waals surface area (Å²) in [5, 5.41) is 2.91. The Morgan fingerprint density at radius 1 is 1.33 bits per heavy atom. The Morgan fingerprint density at radius 2 is 2.13 bits per heavy atom. The molecule has 15 heavy (non-hydrogen) atoms. The van der Waals surface area contributed by atoms with Gasteiger partial charge in [0.05, 0.1) is 11.3 Å². The Labute approximate surface area is 88.2 Å². The van der Waals surface area contributed by atoms with E-state index in [1.807, 2.05) is 13.8 Å². The van der Waals surface area contributed by atoms with Gasteiger partial charge in [0.2, 0.25) is 0 Å². The summed E-state index contributed by atoms with van der Waals surface area (Å²) in [4.78, 5) is 16.4. The zero-order valence-electron chi connectivity index (χ0n) is 8.85. The Balaban J connectivity index is 2.42. The van der Waals surface area contributed by atoms with Gasteiger partial charge in [0, 0.05) is 17.0 Å². The van der Waals surface area contributed by atoms with Crippen LogP contribution in [0.1, 0.15) is 39.3 Å². The first-order chi connectivity index (χ1) is 7.18. The van der Waals surface area contributed by atoms with Crippen LogP contribution in [0.25, 0.3) is 5.70 Å². The number of aromatic nitrogens is 1. The molecule has 0 radical (unpaired) electrons. The maximum Gasteiger partial charge on any atom is 0.256 e. The molecule has 3 heteroatoms. The minimum atomic E-state index is 0.0300. The normalized spacial score (nSPS) is 17.2. The van der Waals surface area contributed by atoms with Gasteiger partial charge in [0.25, 0.3) is 5.91 Å². The zero-order valence-corrected chi connectivity index (χ0v) is 8.85. The second kappa shape index (κ2) is 2.69. The Hall–Kier alpha value is -1.64. The highest BCUT2D eigenvalue weighted by molar-refractivity contribution is 6.11. The van der Waals surface area contributed by atoms with Crippen molar-refractivity contribution in [2.75, 3.05) is 0 Å². The highest BCUT2D eigenvalue weighted by Crippen LogP contribution is 2.34. The number of hydrogen-bond donors (Lipinski definition) is 1. The molecule has 0 saturated carbocycles. The predicted octanol–water partition coefficient (Wildman–Crippen LogP) is 1.73. The van der Waals surface area contributed by atoms with Crippen molar-refractivity contribution in [1.29, 1.82) is 0 Å². The third-order valence-electron chi connectivity index (χ3n) is 3.23. The first kappa shape index (κ1) is 8.65. The van der Waals surface area contributed by atoms with Gasteiger partial charge < -0.3 is 5.32 Å². The summed E-state index contributed by atoms with van der Waals surface area (Å²) in [6, 6.07) is 0.